The van der Waals surface area contributed by atoms with Crippen LogP contribution in [0.15, 0.2) is 108 Å². The third-order valence-electron chi connectivity index (χ3n) is 5.88. The number of hydrogen-bond acceptors (Lipinski definition) is 4. The molecule has 184 valence electrons. The highest BCUT2D eigenvalue weighted by atomic mass is 32.2. The lowest BCUT2D eigenvalue weighted by Crippen LogP contribution is -2.28. The van der Waals surface area contributed by atoms with E-state index in [0.717, 1.165) is 46.8 Å². The van der Waals surface area contributed by atoms with Crippen LogP contribution < -0.4 is 9.47 Å². The molecule has 0 aromatic heterocycles. The molecule has 0 unspecified atom stereocenters. The van der Waals surface area contributed by atoms with Gasteiger partial charge in [-0.25, -0.2) is 4.99 Å². The van der Waals surface area contributed by atoms with Gasteiger partial charge in [-0.05, 0) is 59.5 Å². The van der Waals surface area contributed by atoms with Gasteiger partial charge in [-0.1, -0.05) is 84.6 Å². The molecule has 0 saturated heterocycles. The van der Waals surface area contributed by atoms with Gasteiger partial charge in [0.2, 0.25) is 0 Å². The molecular formula is C31H32N2O2S. The second kappa shape index (κ2) is 12.8. The molecule has 0 saturated carbocycles. The number of rotatable bonds is 9. The van der Waals surface area contributed by atoms with Gasteiger partial charge in [0.05, 0.1) is 19.9 Å². The van der Waals surface area contributed by atoms with Crippen molar-refractivity contribution in [1.29, 1.82) is 0 Å². The van der Waals surface area contributed by atoms with Crippen molar-refractivity contribution in [2.24, 2.45) is 4.99 Å². The van der Waals surface area contributed by atoms with Crippen LogP contribution in [0, 0.1) is 6.92 Å². The molecule has 5 heteroatoms. The first-order valence-corrected chi connectivity index (χ1v) is 12.9. The summed E-state index contributed by atoms with van der Waals surface area (Å²) in [5.41, 5.74) is 5.81. The molecule has 0 atom stereocenters. The Balaban J connectivity index is 1.69. The quantitative estimate of drug-likeness (QED) is 0.176. The van der Waals surface area contributed by atoms with E-state index < -0.39 is 0 Å². The van der Waals surface area contributed by atoms with Crippen molar-refractivity contribution in [3.05, 3.63) is 125 Å². The fourth-order valence-corrected chi connectivity index (χ4v) is 4.76. The van der Waals surface area contributed by atoms with E-state index in [2.05, 4.69) is 84.6 Å². The minimum Gasteiger partial charge on any atom is -0.497 e. The van der Waals surface area contributed by atoms with Crippen LogP contribution in [0.2, 0.25) is 0 Å². The largest absolute Gasteiger partial charge is 0.497 e. The first-order chi connectivity index (χ1) is 17.6. The van der Waals surface area contributed by atoms with Gasteiger partial charge in [-0.15, -0.1) is 0 Å². The zero-order valence-electron chi connectivity index (χ0n) is 21.1. The van der Waals surface area contributed by atoms with Crippen LogP contribution in [0.1, 0.15) is 22.3 Å². The van der Waals surface area contributed by atoms with Crippen LogP contribution in [-0.2, 0) is 18.8 Å². The lowest BCUT2D eigenvalue weighted by Gasteiger charge is -2.27. The summed E-state index contributed by atoms with van der Waals surface area (Å²) in [5.74, 6) is 2.55. The number of para-hydroxylation sites is 1. The maximum Gasteiger partial charge on any atom is 0.165 e. The van der Waals surface area contributed by atoms with Gasteiger partial charge in [0.1, 0.15) is 11.5 Å². The SMILES string of the molecule is COc1ccc(CN(Cc2ccc(OC)cc2)C(=Nc2ccccc2C)SCc2ccccc2)cc1. The van der Waals surface area contributed by atoms with Crippen LogP contribution in [0.25, 0.3) is 0 Å². The number of aliphatic imine (C=N–C) groups is 1. The first-order valence-electron chi connectivity index (χ1n) is 12.0. The molecule has 0 amide bonds. The highest BCUT2D eigenvalue weighted by Gasteiger charge is 2.16. The Labute approximate surface area is 218 Å². The van der Waals surface area contributed by atoms with Crippen molar-refractivity contribution in [3.8, 4) is 11.5 Å². The normalized spacial score (nSPS) is 11.2. The van der Waals surface area contributed by atoms with E-state index in [0.29, 0.717) is 0 Å². The van der Waals surface area contributed by atoms with Crippen molar-refractivity contribution in [1.82, 2.24) is 4.90 Å². The van der Waals surface area contributed by atoms with Gasteiger partial charge in [-0.2, -0.15) is 0 Å². The zero-order chi connectivity index (χ0) is 25.2. The number of benzene rings is 4. The van der Waals surface area contributed by atoms with Crippen molar-refractivity contribution in [3.63, 3.8) is 0 Å². The van der Waals surface area contributed by atoms with Crippen molar-refractivity contribution >= 4 is 22.6 Å². The highest BCUT2D eigenvalue weighted by molar-refractivity contribution is 8.13. The summed E-state index contributed by atoms with van der Waals surface area (Å²) < 4.78 is 10.7. The molecule has 4 rings (SSSR count). The average Bonchev–Trinajstić information content (AvgIpc) is 2.93. The maximum absolute atomic E-state index is 5.37. The Bertz CT molecular complexity index is 1210. The standard InChI is InChI=1S/C31H32N2O2S/c1-24-9-7-8-12-30(24)32-31(36-23-27-10-5-4-6-11-27)33(21-25-13-17-28(34-2)18-14-25)22-26-15-19-29(35-3)20-16-26/h4-20H,21-23H2,1-3H3. The van der Waals surface area contributed by atoms with E-state index in [1.54, 1.807) is 26.0 Å². The smallest absolute Gasteiger partial charge is 0.165 e. The van der Waals surface area contributed by atoms with Gasteiger partial charge >= 0.3 is 0 Å². The molecule has 36 heavy (non-hydrogen) atoms. The van der Waals surface area contributed by atoms with Crippen LogP contribution in [0.5, 0.6) is 11.5 Å². The van der Waals surface area contributed by atoms with Crippen LogP contribution in [0.3, 0.4) is 0 Å². The summed E-state index contributed by atoms with van der Waals surface area (Å²) in [4.78, 5) is 7.54. The average molecular weight is 497 g/mol. The van der Waals surface area contributed by atoms with E-state index >= 15 is 0 Å². The third-order valence-corrected chi connectivity index (χ3v) is 6.96. The zero-order valence-corrected chi connectivity index (χ0v) is 21.9. The Morgan fingerprint density at radius 3 is 1.72 bits per heavy atom. The fraction of sp³-hybridized carbons (Fsp3) is 0.194. The molecule has 4 aromatic carbocycles. The van der Waals surface area contributed by atoms with Crippen LogP contribution in [-0.4, -0.2) is 24.3 Å². The lowest BCUT2D eigenvalue weighted by molar-refractivity contribution is 0.405. The molecule has 0 aliphatic heterocycles. The van der Waals surface area contributed by atoms with Crippen molar-refractivity contribution < 1.29 is 9.47 Å². The first kappa shape index (κ1) is 25.4. The summed E-state index contributed by atoms with van der Waals surface area (Å²) in [5, 5.41) is 0.986. The summed E-state index contributed by atoms with van der Waals surface area (Å²) in [6.07, 6.45) is 0. The lowest BCUT2D eigenvalue weighted by atomic mass is 10.1. The Kier molecular flexibility index (Phi) is 9.06. The number of hydrogen-bond donors (Lipinski definition) is 0. The topological polar surface area (TPSA) is 34.1 Å². The van der Waals surface area contributed by atoms with Gasteiger partial charge < -0.3 is 14.4 Å². The van der Waals surface area contributed by atoms with E-state index in [4.69, 9.17) is 14.5 Å². The minimum absolute atomic E-state index is 0.725. The molecule has 0 fully saturated rings. The van der Waals surface area contributed by atoms with Gasteiger partial charge in [-0.3, -0.25) is 0 Å². The van der Waals surface area contributed by atoms with E-state index in [-0.39, 0.29) is 0 Å². The molecule has 4 nitrogen and oxygen atoms in total. The molecule has 0 aliphatic rings. The number of methoxy groups -OCH3 is 2. The molecule has 0 bridgehead atoms. The summed E-state index contributed by atoms with van der Waals surface area (Å²) in [6.45, 7) is 3.56. The Hall–Kier alpha value is -3.70. The Morgan fingerprint density at radius 1 is 0.667 bits per heavy atom. The van der Waals surface area contributed by atoms with E-state index in [1.165, 1.54) is 16.7 Å². The highest BCUT2D eigenvalue weighted by Crippen LogP contribution is 2.27. The number of ether oxygens (including phenoxy) is 2. The molecular weight excluding hydrogens is 464 g/mol. The third kappa shape index (κ3) is 7.15. The fourth-order valence-electron chi connectivity index (χ4n) is 3.80. The Morgan fingerprint density at radius 2 is 1.19 bits per heavy atom. The van der Waals surface area contributed by atoms with Crippen LogP contribution >= 0.6 is 11.8 Å². The maximum atomic E-state index is 5.37. The van der Waals surface area contributed by atoms with Crippen molar-refractivity contribution in [2.45, 2.75) is 25.8 Å². The van der Waals surface area contributed by atoms with E-state index in [1.807, 2.05) is 30.3 Å². The summed E-state index contributed by atoms with van der Waals surface area (Å²) >= 11 is 1.77. The number of thioether (sulfide) groups is 1. The predicted octanol–water partition coefficient (Wildman–Crippen LogP) is 7.64. The molecule has 0 heterocycles. The molecule has 4 aromatic rings. The second-order valence-electron chi connectivity index (χ2n) is 8.51. The summed E-state index contributed by atoms with van der Waals surface area (Å²) in [7, 11) is 3.39. The minimum atomic E-state index is 0.725. The molecule has 0 radical (unpaired) electrons. The summed E-state index contributed by atoms with van der Waals surface area (Å²) in [6, 6.07) is 35.3. The van der Waals surface area contributed by atoms with Crippen molar-refractivity contribution in [2.75, 3.05) is 14.2 Å². The van der Waals surface area contributed by atoms with E-state index in [9.17, 15) is 0 Å². The van der Waals surface area contributed by atoms with Crippen LogP contribution in [0.4, 0.5) is 5.69 Å². The van der Waals surface area contributed by atoms with Gasteiger partial charge in [0, 0.05) is 18.8 Å². The number of nitrogens with zero attached hydrogens (tertiary/aromatic N) is 2. The number of aryl methyl sites for hydroxylation is 1. The molecule has 0 N–H and O–H groups in total. The van der Waals surface area contributed by atoms with Gasteiger partial charge in [0.25, 0.3) is 0 Å². The van der Waals surface area contributed by atoms with Gasteiger partial charge in [0.15, 0.2) is 5.17 Å². The molecule has 0 spiro atoms. The predicted molar refractivity (Wildman–Crippen MR) is 151 cm³/mol. The molecule has 0 aliphatic carbocycles. The number of amidine groups is 1. The second-order valence-corrected chi connectivity index (χ2v) is 9.45. The monoisotopic (exact) mass is 496 g/mol.